The number of nitrogens with one attached hydrogen (secondary N) is 1. The van der Waals surface area contributed by atoms with Crippen LogP contribution in [0.5, 0.6) is 0 Å². The lowest BCUT2D eigenvalue weighted by atomic mass is 9.90. The molecule has 0 saturated carbocycles. The van der Waals surface area contributed by atoms with E-state index in [4.69, 9.17) is 11.6 Å². The highest BCUT2D eigenvalue weighted by atomic mass is 35.5. The van der Waals surface area contributed by atoms with Crippen LogP contribution in [0.1, 0.15) is 37.8 Å². The highest BCUT2D eigenvalue weighted by Crippen LogP contribution is 2.33. The molecule has 1 aromatic carbocycles. The molecule has 1 aliphatic rings. The van der Waals surface area contributed by atoms with Crippen molar-refractivity contribution in [1.82, 2.24) is 5.32 Å². The minimum Gasteiger partial charge on any atom is -0.310 e. The summed E-state index contributed by atoms with van der Waals surface area (Å²) >= 11 is 8.42. The molecule has 1 heterocycles. The van der Waals surface area contributed by atoms with Crippen molar-refractivity contribution in [2.75, 3.05) is 18.1 Å². The summed E-state index contributed by atoms with van der Waals surface area (Å²) < 4.78 is 0. The van der Waals surface area contributed by atoms with Crippen LogP contribution in [0, 0.1) is 5.92 Å². The first-order chi connectivity index (χ1) is 8.81. The molecule has 3 heteroatoms. The molecule has 1 aliphatic heterocycles. The van der Waals surface area contributed by atoms with Gasteiger partial charge in [-0.25, -0.2) is 0 Å². The second-order valence-corrected chi connectivity index (χ2v) is 6.56. The van der Waals surface area contributed by atoms with Gasteiger partial charge in [0.1, 0.15) is 0 Å². The van der Waals surface area contributed by atoms with Crippen LogP contribution in [0.4, 0.5) is 0 Å². The molecule has 0 amide bonds. The molecule has 1 saturated heterocycles. The summed E-state index contributed by atoms with van der Waals surface area (Å²) in [6.45, 7) is 3.16. The van der Waals surface area contributed by atoms with E-state index in [1.807, 2.05) is 12.1 Å². The molecule has 18 heavy (non-hydrogen) atoms. The van der Waals surface area contributed by atoms with E-state index in [0.29, 0.717) is 6.04 Å². The Bertz CT molecular complexity index is 363. The fraction of sp³-hybridized carbons (Fsp3) is 0.600. The van der Waals surface area contributed by atoms with Gasteiger partial charge in [0.15, 0.2) is 0 Å². The number of benzene rings is 1. The molecule has 0 radical (unpaired) electrons. The van der Waals surface area contributed by atoms with Gasteiger partial charge in [0.2, 0.25) is 0 Å². The summed E-state index contributed by atoms with van der Waals surface area (Å²) in [5, 5.41) is 4.49. The van der Waals surface area contributed by atoms with Gasteiger partial charge in [-0.1, -0.05) is 36.7 Å². The molecule has 1 unspecified atom stereocenters. The van der Waals surface area contributed by atoms with Crippen molar-refractivity contribution in [3.05, 3.63) is 34.9 Å². The first-order valence-corrected chi connectivity index (χ1v) is 8.40. The largest absolute Gasteiger partial charge is 0.310 e. The standard InChI is InChI=1S/C15H22ClNS/c1-2-17-15(11-12-7-9-18-10-8-12)13-5-3-4-6-14(13)16/h3-6,12,15,17H,2,7-11H2,1H3. The Hall–Kier alpha value is -0.180. The van der Waals surface area contributed by atoms with Gasteiger partial charge in [0.25, 0.3) is 0 Å². The van der Waals surface area contributed by atoms with Crippen molar-refractivity contribution < 1.29 is 0 Å². The van der Waals surface area contributed by atoms with Gasteiger partial charge in [0.05, 0.1) is 0 Å². The first kappa shape index (κ1) is 14.2. The molecule has 0 aliphatic carbocycles. The number of hydrogen-bond donors (Lipinski definition) is 1. The van der Waals surface area contributed by atoms with E-state index in [2.05, 4.69) is 36.1 Å². The van der Waals surface area contributed by atoms with E-state index >= 15 is 0 Å². The maximum atomic E-state index is 6.33. The smallest absolute Gasteiger partial charge is 0.0453 e. The van der Waals surface area contributed by atoms with E-state index in [-0.39, 0.29) is 0 Å². The molecule has 1 nitrogen and oxygen atoms in total. The summed E-state index contributed by atoms with van der Waals surface area (Å²) in [7, 11) is 0. The zero-order valence-corrected chi connectivity index (χ0v) is 12.6. The van der Waals surface area contributed by atoms with E-state index in [1.54, 1.807) is 0 Å². The molecular weight excluding hydrogens is 262 g/mol. The van der Waals surface area contributed by atoms with E-state index in [9.17, 15) is 0 Å². The predicted octanol–water partition coefficient (Wildman–Crippen LogP) is 4.52. The highest BCUT2D eigenvalue weighted by molar-refractivity contribution is 7.99. The van der Waals surface area contributed by atoms with E-state index in [1.165, 1.54) is 36.3 Å². The topological polar surface area (TPSA) is 12.0 Å². The molecule has 1 fully saturated rings. The lowest BCUT2D eigenvalue weighted by Gasteiger charge is -2.27. The SMILES string of the molecule is CCNC(CC1CCSCC1)c1ccccc1Cl. The molecule has 1 aromatic rings. The fourth-order valence-electron chi connectivity index (χ4n) is 2.64. The highest BCUT2D eigenvalue weighted by Gasteiger charge is 2.21. The molecule has 100 valence electrons. The van der Waals surface area contributed by atoms with Crippen molar-refractivity contribution >= 4 is 23.4 Å². The monoisotopic (exact) mass is 283 g/mol. The molecule has 0 aromatic heterocycles. The Labute approximate surface area is 120 Å². The molecule has 1 atom stereocenters. The Morgan fingerprint density at radius 2 is 2.06 bits per heavy atom. The molecule has 2 rings (SSSR count). The van der Waals surface area contributed by atoms with Crippen molar-refractivity contribution in [3.63, 3.8) is 0 Å². The first-order valence-electron chi connectivity index (χ1n) is 6.86. The molecule has 1 N–H and O–H groups in total. The maximum Gasteiger partial charge on any atom is 0.0453 e. The van der Waals surface area contributed by atoms with Crippen LogP contribution in [0.3, 0.4) is 0 Å². The van der Waals surface area contributed by atoms with Crippen LogP contribution in [-0.2, 0) is 0 Å². The van der Waals surface area contributed by atoms with Crippen molar-refractivity contribution in [3.8, 4) is 0 Å². The summed E-state index contributed by atoms with van der Waals surface area (Å²) in [6, 6.07) is 8.66. The van der Waals surface area contributed by atoms with Gasteiger partial charge >= 0.3 is 0 Å². The Balaban J connectivity index is 2.05. The van der Waals surface area contributed by atoms with Crippen molar-refractivity contribution in [1.29, 1.82) is 0 Å². The second-order valence-electron chi connectivity index (χ2n) is 4.92. The lowest BCUT2D eigenvalue weighted by Crippen LogP contribution is -2.25. The van der Waals surface area contributed by atoms with Gasteiger partial charge in [-0.3, -0.25) is 0 Å². The molecule has 0 bridgehead atoms. The average molecular weight is 284 g/mol. The van der Waals surface area contributed by atoms with Gasteiger partial charge in [-0.05, 0) is 54.9 Å². The van der Waals surface area contributed by atoms with Crippen LogP contribution < -0.4 is 5.32 Å². The maximum absolute atomic E-state index is 6.33. The van der Waals surface area contributed by atoms with Crippen LogP contribution in [0.2, 0.25) is 5.02 Å². The number of thioether (sulfide) groups is 1. The van der Waals surface area contributed by atoms with Crippen LogP contribution in [0.15, 0.2) is 24.3 Å². The molecular formula is C15H22ClNS. The zero-order chi connectivity index (χ0) is 12.8. The van der Waals surface area contributed by atoms with Gasteiger partial charge in [0, 0.05) is 11.1 Å². The van der Waals surface area contributed by atoms with Gasteiger partial charge < -0.3 is 5.32 Å². The summed E-state index contributed by atoms with van der Waals surface area (Å²) in [4.78, 5) is 0. The molecule has 0 spiro atoms. The summed E-state index contributed by atoms with van der Waals surface area (Å²) in [6.07, 6.45) is 3.94. The third-order valence-corrected chi connectivity index (χ3v) is 5.03. The summed E-state index contributed by atoms with van der Waals surface area (Å²) in [5.74, 6) is 3.50. The number of hydrogen-bond acceptors (Lipinski definition) is 2. The van der Waals surface area contributed by atoms with Gasteiger partial charge in [-0.15, -0.1) is 0 Å². The third-order valence-electron chi connectivity index (χ3n) is 3.64. The van der Waals surface area contributed by atoms with E-state index in [0.717, 1.165) is 17.5 Å². The quantitative estimate of drug-likeness (QED) is 0.852. The Morgan fingerprint density at radius 1 is 1.33 bits per heavy atom. The summed E-state index contributed by atoms with van der Waals surface area (Å²) in [5.41, 5.74) is 1.26. The Kier molecular flexibility index (Phi) is 5.87. The third kappa shape index (κ3) is 3.91. The zero-order valence-electron chi connectivity index (χ0n) is 11.0. The lowest BCUT2D eigenvalue weighted by molar-refractivity contribution is 0.374. The Morgan fingerprint density at radius 3 is 2.72 bits per heavy atom. The second kappa shape index (κ2) is 7.42. The van der Waals surface area contributed by atoms with Gasteiger partial charge in [-0.2, -0.15) is 11.8 Å². The minimum absolute atomic E-state index is 0.414. The van der Waals surface area contributed by atoms with Crippen LogP contribution >= 0.6 is 23.4 Å². The number of rotatable bonds is 5. The van der Waals surface area contributed by atoms with E-state index < -0.39 is 0 Å². The minimum atomic E-state index is 0.414. The average Bonchev–Trinajstić information content (AvgIpc) is 2.40. The predicted molar refractivity (Wildman–Crippen MR) is 82.5 cm³/mol. The van der Waals surface area contributed by atoms with Crippen molar-refractivity contribution in [2.45, 2.75) is 32.2 Å². The fourth-order valence-corrected chi connectivity index (χ4v) is 4.11. The van der Waals surface area contributed by atoms with Crippen LogP contribution in [0.25, 0.3) is 0 Å². The van der Waals surface area contributed by atoms with Crippen LogP contribution in [-0.4, -0.2) is 18.1 Å². The van der Waals surface area contributed by atoms with Crippen molar-refractivity contribution in [2.24, 2.45) is 5.92 Å². The normalized spacial score (nSPS) is 18.8. The number of halogens is 1.